The molecule has 0 saturated heterocycles. The van der Waals surface area contributed by atoms with Gasteiger partial charge in [-0.2, -0.15) is 0 Å². The van der Waals surface area contributed by atoms with Crippen LogP contribution in [-0.2, 0) is 4.74 Å². The van der Waals surface area contributed by atoms with E-state index in [1.807, 2.05) is 30.3 Å². The number of hydrogen-bond acceptors (Lipinski definition) is 2. The number of allylic oxidation sites excluding steroid dienone is 2. The summed E-state index contributed by atoms with van der Waals surface area (Å²) in [5.74, 6) is 11.9. The largest absolute Gasteiger partial charge is 0.459 e. The summed E-state index contributed by atoms with van der Waals surface area (Å²) in [5.41, 5.74) is 3.77. The smallest absolute Gasteiger partial charge is 0.338 e. The lowest BCUT2D eigenvalue weighted by Crippen LogP contribution is -2.54. The van der Waals surface area contributed by atoms with E-state index >= 15 is 0 Å². The van der Waals surface area contributed by atoms with Crippen LogP contribution in [0.3, 0.4) is 0 Å². The quantitative estimate of drug-likeness (QED) is 0.237. The van der Waals surface area contributed by atoms with Gasteiger partial charge in [-0.1, -0.05) is 108 Å². The van der Waals surface area contributed by atoms with Crippen molar-refractivity contribution in [1.82, 2.24) is 0 Å². The van der Waals surface area contributed by atoms with Gasteiger partial charge in [-0.15, -0.1) is 0 Å². The molecule has 44 heavy (non-hydrogen) atoms. The van der Waals surface area contributed by atoms with Gasteiger partial charge in [0.15, 0.2) is 0 Å². The van der Waals surface area contributed by atoms with Crippen molar-refractivity contribution >= 4 is 5.97 Å². The minimum Gasteiger partial charge on any atom is -0.459 e. The maximum atomic E-state index is 13.0. The van der Waals surface area contributed by atoms with E-state index < -0.39 is 0 Å². The van der Waals surface area contributed by atoms with Crippen LogP contribution in [0.5, 0.6) is 0 Å². The number of benzene rings is 2. The topological polar surface area (TPSA) is 26.3 Å². The molecule has 2 aromatic carbocycles. The zero-order valence-corrected chi connectivity index (χ0v) is 27.9. The molecule has 0 radical (unpaired) electrons. The van der Waals surface area contributed by atoms with Gasteiger partial charge in [-0.3, -0.25) is 0 Å². The second-order valence-electron chi connectivity index (χ2n) is 15.8. The highest BCUT2D eigenvalue weighted by atomic mass is 16.5. The fourth-order valence-electron chi connectivity index (χ4n) is 10.4. The third kappa shape index (κ3) is 6.06. The maximum Gasteiger partial charge on any atom is 0.338 e. The number of carbonyl (C=O) groups is 1. The summed E-state index contributed by atoms with van der Waals surface area (Å²) in [7, 11) is 0. The first-order valence-electron chi connectivity index (χ1n) is 17.7. The first kappa shape index (κ1) is 31.2. The predicted molar refractivity (Wildman–Crippen MR) is 181 cm³/mol. The van der Waals surface area contributed by atoms with Gasteiger partial charge in [-0.25, -0.2) is 4.79 Å². The molecule has 4 aliphatic rings. The van der Waals surface area contributed by atoms with Crippen molar-refractivity contribution in [3.8, 4) is 11.8 Å². The molecular formula is C42H54O2. The van der Waals surface area contributed by atoms with Crippen LogP contribution in [-0.4, -0.2) is 12.1 Å². The van der Waals surface area contributed by atoms with Crippen molar-refractivity contribution in [3.63, 3.8) is 0 Å². The van der Waals surface area contributed by atoms with Gasteiger partial charge in [-0.05, 0) is 121 Å². The first-order chi connectivity index (χ1) is 21.2. The Bertz CT molecular complexity index is 1380. The monoisotopic (exact) mass is 590 g/mol. The Kier molecular flexibility index (Phi) is 9.15. The van der Waals surface area contributed by atoms with Gasteiger partial charge < -0.3 is 4.74 Å². The molecule has 6 rings (SSSR count). The van der Waals surface area contributed by atoms with Crippen LogP contribution in [0.1, 0.15) is 115 Å². The Morgan fingerprint density at radius 2 is 1.52 bits per heavy atom. The Hall–Kier alpha value is -2.79. The Balaban J connectivity index is 1.29. The highest BCUT2D eigenvalue weighted by Crippen LogP contribution is 2.68. The summed E-state index contributed by atoms with van der Waals surface area (Å²) < 4.78 is 6.14. The number of esters is 1. The number of hydrogen-bond donors (Lipinski definition) is 0. The minimum absolute atomic E-state index is 0.0340. The number of fused-ring (bicyclic) bond motifs is 5. The normalized spacial score (nSPS) is 34.9. The summed E-state index contributed by atoms with van der Waals surface area (Å²) in [6, 6.07) is 20.0. The third-order valence-corrected chi connectivity index (χ3v) is 12.8. The van der Waals surface area contributed by atoms with Gasteiger partial charge in [0.1, 0.15) is 6.10 Å². The van der Waals surface area contributed by atoms with E-state index in [0.717, 1.165) is 42.6 Å². The van der Waals surface area contributed by atoms with E-state index in [1.54, 1.807) is 0 Å². The maximum absolute atomic E-state index is 13.0. The average molecular weight is 591 g/mol. The van der Waals surface area contributed by atoms with E-state index in [0.29, 0.717) is 34.7 Å². The Morgan fingerprint density at radius 1 is 0.841 bits per heavy atom. The van der Waals surface area contributed by atoms with E-state index in [1.165, 1.54) is 50.5 Å². The fourth-order valence-corrected chi connectivity index (χ4v) is 10.4. The molecule has 0 aromatic heterocycles. The SMILES string of the molecule is CC(C)CCC[C@H](C)[C@@H]1CC[C@H]2[C@H]3C(C#Cc4ccccc4)=C[C@H]4C[C@@H](OC(=O)c5ccccc5)CC[C@]4(C)[C@@H]3CC[C@@]21C. The highest BCUT2D eigenvalue weighted by molar-refractivity contribution is 5.89. The second-order valence-corrected chi connectivity index (χ2v) is 15.8. The van der Waals surface area contributed by atoms with Crippen LogP contribution < -0.4 is 0 Å². The van der Waals surface area contributed by atoms with Crippen LogP contribution in [0.25, 0.3) is 0 Å². The first-order valence-corrected chi connectivity index (χ1v) is 17.7. The van der Waals surface area contributed by atoms with Gasteiger partial charge in [0.2, 0.25) is 0 Å². The Labute approximate surface area is 267 Å². The third-order valence-electron chi connectivity index (χ3n) is 12.8. The van der Waals surface area contributed by atoms with Crippen molar-refractivity contribution in [2.45, 2.75) is 105 Å². The molecule has 0 spiro atoms. The molecule has 0 unspecified atom stereocenters. The van der Waals surface area contributed by atoms with Gasteiger partial charge in [0.25, 0.3) is 0 Å². The molecule has 0 heterocycles. The van der Waals surface area contributed by atoms with Crippen molar-refractivity contribution in [1.29, 1.82) is 0 Å². The predicted octanol–water partition coefficient (Wildman–Crippen LogP) is 10.5. The Morgan fingerprint density at radius 3 is 2.25 bits per heavy atom. The number of carbonyl (C=O) groups excluding carboxylic acids is 1. The average Bonchev–Trinajstić information content (AvgIpc) is 3.38. The molecular weight excluding hydrogens is 536 g/mol. The van der Waals surface area contributed by atoms with E-state index in [-0.39, 0.29) is 17.5 Å². The molecule has 234 valence electrons. The number of ether oxygens (including phenoxy) is 1. The molecule has 4 aliphatic carbocycles. The van der Waals surface area contributed by atoms with Crippen molar-refractivity contribution in [3.05, 3.63) is 83.4 Å². The summed E-state index contributed by atoms with van der Waals surface area (Å²) in [4.78, 5) is 13.0. The van der Waals surface area contributed by atoms with Crippen LogP contribution in [0.15, 0.2) is 72.3 Å². The van der Waals surface area contributed by atoms with E-state index in [2.05, 4.69) is 82.9 Å². The summed E-state index contributed by atoms with van der Waals surface area (Å²) in [5, 5.41) is 0. The molecule has 3 saturated carbocycles. The van der Waals surface area contributed by atoms with Crippen molar-refractivity contribution < 1.29 is 9.53 Å². The van der Waals surface area contributed by atoms with Gasteiger partial charge in [0, 0.05) is 11.1 Å². The van der Waals surface area contributed by atoms with Crippen LogP contribution >= 0.6 is 0 Å². The zero-order valence-electron chi connectivity index (χ0n) is 27.9. The zero-order chi connectivity index (χ0) is 30.9. The van der Waals surface area contributed by atoms with Crippen molar-refractivity contribution in [2.75, 3.05) is 0 Å². The minimum atomic E-state index is -0.186. The molecule has 2 aromatic rings. The van der Waals surface area contributed by atoms with Crippen LogP contribution in [0.4, 0.5) is 0 Å². The lowest BCUT2D eigenvalue weighted by Gasteiger charge is -2.60. The van der Waals surface area contributed by atoms with E-state index in [9.17, 15) is 4.79 Å². The number of rotatable bonds is 7. The fraction of sp³-hybridized carbons (Fsp3) is 0.595. The molecule has 0 aliphatic heterocycles. The van der Waals surface area contributed by atoms with Crippen LogP contribution in [0, 0.1) is 64.1 Å². The second kappa shape index (κ2) is 12.9. The molecule has 0 N–H and O–H groups in total. The van der Waals surface area contributed by atoms with Crippen LogP contribution in [0.2, 0.25) is 0 Å². The lowest BCUT2D eigenvalue weighted by atomic mass is 9.44. The van der Waals surface area contributed by atoms with E-state index in [4.69, 9.17) is 4.74 Å². The summed E-state index contributed by atoms with van der Waals surface area (Å²) in [6.45, 7) is 12.5. The highest BCUT2D eigenvalue weighted by Gasteiger charge is 2.61. The standard InChI is InChI=1S/C42H54O2/c1-29(2)13-12-14-30(3)36-21-22-37-39-33(20-19-31-15-8-6-9-16-31)27-34-28-35(44-40(43)32-17-10-7-11-18-32)23-25-41(34,4)38(39)24-26-42(36,37)5/h6-11,15-18,27,29-30,34-39H,12-14,21-26,28H2,1-5H3/t30-,34-,35-,36-,37-,38+,39+,41-,42+/m0/s1. The van der Waals surface area contributed by atoms with Gasteiger partial charge >= 0.3 is 5.97 Å². The molecule has 2 heteroatoms. The summed E-state index contributed by atoms with van der Waals surface area (Å²) >= 11 is 0. The molecule has 2 nitrogen and oxygen atoms in total. The van der Waals surface area contributed by atoms with Crippen molar-refractivity contribution in [2.24, 2.45) is 52.3 Å². The summed E-state index contributed by atoms with van der Waals surface area (Å²) in [6.07, 6.45) is 15.0. The van der Waals surface area contributed by atoms with Gasteiger partial charge in [0.05, 0.1) is 5.56 Å². The molecule has 0 bridgehead atoms. The molecule has 9 atom stereocenters. The molecule has 3 fully saturated rings. The lowest BCUT2D eigenvalue weighted by molar-refractivity contribution is -0.0869. The molecule has 0 amide bonds.